The molecule has 0 aliphatic carbocycles. The van der Waals surface area contributed by atoms with Crippen molar-refractivity contribution in [2.24, 2.45) is 0 Å². The normalized spacial score (nSPS) is 13.8. The van der Waals surface area contributed by atoms with Gasteiger partial charge in [-0.3, -0.25) is 9.05 Å². The van der Waals surface area contributed by atoms with Crippen LogP contribution in [0.2, 0.25) is 0 Å². The number of hydrogen-bond donors (Lipinski definition) is 0. The molecule has 1 heterocycles. The number of phosphoric ester groups is 1. The first kappa shape index (κ1) is 16.4. The van der Waals surface area contributed by atoms with E-state index in [4.69, 9.17) is 29.5 Å². The van der Waals surface area contributed by atoms with E-state index < -0.39 is 7.82 Å². The molecule has 1 aromatic rings. The molecule has 0 radical (unpaired) electrons. The Morgan fingerprint density at radius 3 is 2.64 bits per heavy atom. The molecule has 0 N–H and O–H groups in total. The lowest BCUT2D eigenvalue weighted by molar-refractivity contribution is 0.159. The van der Waals surface area contributed by atoms with Crippen molar-refractivity contribution in [2.75, 3.05) is 20.0 Å². The van der Waals surface area contributed by atoms with Crippen molar-refractivity contribution in [3.63, 3.8) is 0 Å². The summed E-state index contributed by atoms with van der Waals surface area (Å²) in [6, 6.07) is 5.13. The molecule has 0 unspecified atom stereocenters. The summed E-state index contributed by atoms with van der Waals surface area (Å²) in [6.45, 7) is 3.91. The van der Waals surface area contributed by atoms with E-state index in [0.717, 1.165) is 0 Å². The van der Waals surface area contributed by atoms with Gasteiger partial charge in [-0.2, -0.15) is 0 Å². The molecule has 0 saturated carbocycles. The minimum atomic E-state index is -3.73. The van der Waals surface area contributed by atoms with Gasteiger partial charge in [0.2, 0.25) is 6.79 Å². The smallest absolute Gasteiger partial charge is 0.454 e. The van der Waals surface area contributed by atoms with Crippen LogP contribution in [-0.2, 0) is 18.1 Å². The Morgan fingerprint density at radius 2 is 2.00 bits per heavy atom. The van der Waals surface area contributed by atoms with Crippen LogP contribution in [-0.4, -0.2) is 20.0 Å². The second-order valence-electron chi connectivity index (χ2n) is 4.12. The summed E-state index contributed by atoms with van der Waals surface area (Å²) in [5.41, 5.74) is 0.585. The lowest BCUT2D eigenvalue weighted by Crippen LogP contribution is -2.00. The third kappa shape index (κ3) is 3.83. The lowest BCUT2D eigenvalue weighted by atomic mass is 10.1. The zero-order valence-electron chi connectivity index (χ0n) is 12.4. The minimum Gasteiger partial charge on any atom is -0.454 e. The van der Waals surface area contributed by atoms with Crippen molar-refractivity contribution >= 4 is 13.6 Å². The Bertz CT molecular complexity index is 636. The van der Waals surface area contributed by atoms with E-state index in [0.29, 0.717) is 17.1 Å². The molecule has 0 bridgehead atoms. The Labute approximate surface area is 129 Å². The summed E-state index contributed by atoms with van der Waals surface area (Å²) in [6.07, 6.45) is 6.66. The van der Waals surface area contributed by atoms with Crippen LogP contribution in [0.3, 0.4) is 0 Å². The number of hydrogen-bond acceptors (Lipinski definition) is 6. The number of terminal acetylenes is 1. The summed E-state index contributed by atoms with van der Waals surface area (Å²) in [4.78, 5) is 0. The van der Waals surface area contributed by atoms with Gasteiger partial charge >= 0.3 is 7.82 Å². The molecule has 0 amide bonds. The molecule has 0 spiro atoms. The predicted octanol–water partition coefficient (Wildman–Crippen LogP) is 3.59. The van der Waals surface area contributed by atoms with E-state index in [1.165, 1.54) is 6.08 Å². The second kappa shape index (κ2) is 7.37. The van der Waals surface area contributed by atoms with Crippen molar-refractivity contribution in [1.29, 1.82) is 0 Å². The molecule has 1 aliphatic heterocycles. The van der Waals surface area contributed by atoms with E-state index in [1.807, 2.05) is 0 Å². The number of phosphoric acid groups is 1. The second-order valence-corrected chi connectivity index (χ2v) is 5.71. The number of fused-ring (bicyclic) bond motifs is 1. The first-order valence-corrected chi connectivity index (χ1v) is 8.23. The highest BCUT2D eigenvalue weighted by Crippen LogP contribution is 2.53. The van der Waals surface area contributed by atoms with Gasteiger partial charge in [0.1, 0.15) is 5.76 Å². The number of benzene rings is 1. The van der Waals surface area contributed by atoms with Gasteiger partial charge in [0, 0.05) is 11.6 Å². The van der Waals surface area contributed by atoms with Gasteiger partial charge in [0.15, 0.2) is 11.5 Å². The van der Waals surface area contributed by atoms with Crippen LogP contribution in [0.4, 0.5) is 0 Å². The molecule has 0 fully saturated rings. The van der Waals surface area contributed by atoms with Gasteiger partial charge in [-0.25, -0.2) is 4.57 Å². The number of allylic oxidation sites excluding steroid dienone is 1. The van der Waals surface area contributed by atoms with Crippen LogP contribution in [0.5, 0.6) is 11.5 Å². The van der Waals surface area contributed by atoms with E-state index in [-0.39, 0.29) is 25.8 Å². The molecule has 0 saturated heterocycles. The predicted molar refractivity (Wildman–Crippen MR) is 81.3 cm³/mol. The van der Waals surface area contributed by atoms with Crippen LogP contribution in [0.25, 0.3) is 5.76 Å². The van der Waals surface area contributed by atoms with Crippen molar-refractivity contribution in [1.82, 2.24) is 0 Å². The SMILES string of the molecule is C#C/C=C(\OP(=O)(OCC)OCC)c1ccc2c(c1)OCO2. The van der Waals surface area contributed by atoms with Crippen molar-refractivity contribution in [3.05, 3.63) is 29.8 Å². The van der Waals surface area contributed by atoms with E-state index in [1.54, 1.807) is 32.0 Å². The molecular formula is C15H17O6P. The van der Waals surface area contributed by atoms with Gasteiger partial charge in [-0.05, 0) is 32.0 Å². The van der Waals surface area contributed by atoms with Crippen molar-refractivity contribution in [3.8, 4) is 23.8 Å². The monoisotopic (exact) mass is 324 g/mol. The van der Waals surface area contributed by atoms with Gasteiger partial charge in [0.25, 0.3) is 0 Å². The van der Waals surface area contributed by atoms with Gasteiger partial charge < -0.3 is 14.0 Å². The Kier molecular flexibility index (Phi) is 5.51. The number of rotatable bonds is 7. The topological polar surface area (TPSA) is 63.2 Å². The third-order valence-electron chi connectivity index (χ3n) is 2.66. The molecule has 118 valence electrons. The highest BCUT2D eigenvalue weighted by atomic mass is 31.2. The summed E-state index contributed by atoms with van der Waals surface area (Å²) >= 11 is 0. The molecule has 1 aromatic carbocycles. The third-order valence-corrected chi connectivity index (χ3v) is 4.23. The summed E-state index contributed by atoms with van der Waals surface area (Å²) < 4.78 is 38.7. The fourth-order valence-electron chi connectivity index (χ4n) is 1.81. The summed E-state index contributed by atoms with van der Waals surface area (Å²) in [5, 5.41) is 0. The van der Waals surface area contributed by atoms with Gasteiger partial charge in [-0.15, -0.1) is 6.42 Å². The van der Waals surface area contributed by atoms with E-state index >= 15 is 0 Å². The molecule has 2 rings (SSSR count). The van der Waals surface area contributed by atoms with Crippen molar-refractivity contribution < 1.29 is 27.6 Å². The maximum atomic E-state index is 12.5. The van der Waals surface area contributed by atoms with E-state index in [9.17, 15) is 4.57 Å². The largest absolute Gasteiger partial charge is 0.530 e. The molecule has 0 aromatic heterocycles. The minimum absolute atomic E-state index is 0.157. The quantitative estimate of drug-likeness (QED) is 0.434. The summed E-state index contributed by atoms with van der Waals surface area (Å²) in [7, 11) is -3.73. The van der Waals surface area contributed by atoms with Crippen LogP contribution >= 0.6 is 7.82 Å². The maximum Gasteiger partial charge on any atom is 0.530 e. The van der Waals surface area contributed by atoms with Crippen LogP contribution < -0.4 is 9.47 Å². The summed E-state index contributed by atoms with van der Waals surface area (Å²) in [5.74, 6) is 3.74. The van der Waals surface area contributed by atoms with Crippen LogP contribution in [0.1, 0.15) is 19.4 Å². The molecule has 1 aliphatic rings. The Morgan fingerprint density at radius 1 is 1.32 bits per heavy atom. The lowest BCUT2D eigenvalue weighted by Gasteiger charge is -2.19. The zero-order valence-corrected chi connectivity index (χ0v) is 13.3. The molecule has 0 atom stereocenters. The highest BCUT2D eigenvalue weighted by molar-refractivity contribution is 7.48. The fraction of sp³-hybridized carbons (Fsp3) is 0.333. The first-order valence-electron chi connectivity index (χ1n) is 6.77. The van der Waals surface area contributed by atoms with E-state index in [2.05, 4.69) is 5.92 Å². The average molecular weight is 324 g/mol. The van der Waals surface area contributed by atoms with Gasteiger partial charge in [-0.1, -0.05) is 5.92 Å². The number of ether oxygens (including phenoxy) is 2. The molecule has 7 heteroatoms. The Hall–Kier alpha value is -1.93. The first-order chi connectivity index (χ1) is 10.6. The van der Waals surface area contributed by atoms with Crippen LogP contribution in [0.15, 0.2) is 24.3 Å². The Balaban J connectivity index is 2.29. The standard InChI is InChI=1S/C15H17O6P/c1-4-7-13(21-22(16,19-5-2)20-6-3)12-8-9-14-15(10-12)18-11-17-14/h1,7-10H,5-6,11H2,2-3H3/b13-7-. The fourth-order valence-corrected chi connectivity index (χ4v) is 3.03. The maximum absolute atomic E-state index is 12.5. The molecule has 22 heavy (non-hydrogen) atoms. The van der Waals surface area contributed by atoms with Gasteiger partial charge in [0.05, 0.1) is 13.2 Å². The highest BCUT2D eigenvalue weighted by Gasteiger charge is 2.29. The molecular weight excluding hydrogens is 307 g/mol. The zero-order chi connectivity index (χ0) is 16.0. The van der Waals surface area contributed by atoms with Crippen molar-refractivity contribution in [2.45, 2.75) is 13.8 Å². The van der Waals surface area contributed by atoms with Crippen LogP contribution in [0, 0.1) is 12.3 Å². The average Bonchev–Trinajstić information content (AvgIpc) is 2.94. The molecule has 6 nitrogen and oxygen atoms in total.